The van der Waals surface area contributed by atoms with E-state index in [-0.39, 0.29) is 18.3 Å². The number of carbonyl (C=O) groups is 2. The molecule has 0 bridgehead atoms. The molecule has 0 radical (unpaired) electrons. The summed E-state index contributed by atoms with van der Waals surface area (Å²) in [5.74, 6) is -0.961. The second-order valence-electron chi connectivity index (χ2n) is 7.80. The number of hydrogen-bond acceptors (Lipinski definition) is 5. The number of hydrogen-bond donors (Lipinski definition) is 2. The quantitative estimate of drug-likeness (QED) is 0.702. The lowest BCUT2D eigenvalue weighted by Crippen LogP contribution is -2.45. The first-order valence-electron chi connectivity index (χ1n) is 9.89. The number of fused-ring (bicyclic) bond motifs is 1. The zero-order valence-electron chi connectivity index (χ0n) is 16.9. The molecule has 7 nitrogen and oxygen atoms in total. The van der Waals surface area contributed by atoms with Crippen LogP contribution in [0.2, 0.25) is 5.02 Å². The van der Waals surface area contributed by atoms with Gasteiger partial charge in [-0.1, -0.05) is 17.7 Å². The summed E-state index contributed by atoms with van der Waals surface area (Å²) in [6.07, 6.45) is -4.09. The lowest BCUT2D eigenvalue weighted by molar-refractivity contribution is -0.192. The van der Waals surface area contributed by atoms with Crippen LogP contribution in [0, 0.1) is 0 Å². The number of ether oxygens (including phenoxy) is 1. The number of nitrogens with zero attached hydrogens (tertiary/aromatic N) is 2. The Morgan fingerprint density at radius 2 is 2.03 bits per heavy atom. The number of aromatic nitrogens is 1. The van der Waals surface area contributed by atoms with E-state index in [2.05, 4.69) is 15.6 Å². The SMILES string of the molecule is CN(C(=O)C1CNC(=O)O1)C(c1ccc(N[C@H]2Cc3ccc(Cl)cc3C2)cn1)C(F)(F)F. The Morgan fingerprint density at radius 1 is 1.28 bits per heavy atom. The van der Waals surface area contributed by atoms with E-state index in [1.165, 1.54) is 23.9 Å². The van der Waals surface area contributed by atoms with E-state index in [9.17, 15) is 22.8 Å². The third-order valence-corrected chi connectivity index (χ3v) is 5.77. The number of pyridine rings is 1. The van der Waals surface area contributed by atoms with Crippen molar-refractivity contribution >= 4 is 29.3 Å². The molecular weight excluding hydrogens is 449 g/mol. The molecule has 2 heterocycles. The molecule has 1 aromatic heterocycles. The second-order valence-corrected chi connectivity index (χ2v) is 8.24. The number of nitrogens with one attached hydrogen (secondary N) is 2. The van der Waals surface area contributed by atoms with Gasteiger partial charge in [0, 0.05) is 18.1 Å². The molecular formula is C21H20ClF3N4O3. The van der Waals surface area contributed by atoms with Gasteiger partial charge in [0.15, 0.2) is 12.1 Å². The van der Waals surface area contributed by atoms with E-state index < -0.39 is 30.3 Å². The predicted octanol–water partition coefficient (Wildman–Crippen LogP) is 3.48. The summed E-state index contributed by atoms with van der Waals surface area (Å²) >= 11 is 6.03. The summed E-state index contributed by atoms with van der Waals surface area (Å²) in [6, 6.07) is 6.26. The van der Waals surface area contributed by atoms with E-state index in [1.807, 2.05) is 18.2 Å². The zero-order valence-corrected chi connectivity index (χ0v) is 17.7. The highest BCUT2D eigenvalue weighted by atomic mass is 35.5. The van der Waals surface area contributed by atoms with Crippen molar-refractivity contribution in [1.29, 1.82) is 0 Å². The molecule has 32 heavy (non-hydrogen) atoms. The molecule has 0 saturated carbocycles. The summed E-state index contributed by atoms with van der Waals surface area (Å²) < 4.78 is 46.1. The highest BCUT2D eigenvalue weighted by Gasteiger charge is 2.48. The minimum Gasteiger partial charge on any atom is -0.434 e. The fraction of sp³-hybridized carbons (Fsp3) is 0.381. The van der Waals surface area contributed by atoms with Crippen LogP contribution in [0.3, 0.4) is 0 Å². The minimum atomic E-state index is -4.77. The van der Waals surface area contributed by atoms with E-state index in [4.69, 9.17) is 16.3 Å². The molecule has 2 aliphatic rings. The van der Waals surface area contributed by atoms with E-state index >= 15 is 0 Å². The Kier molecular flexibility index (Phi) is 5.89. The van der Waals surface area contributed by atoms with Crippen molar-refractivity contribution in [2.24, 2.45) is 0 Å². The Hall–Kier alpha value is -3.01. The van der Waals surface area contributed by atoms with E-state index in [1.54, 1.807) is 0 Å². The number of anilines is 1. The predicted molar refractivity (Wildman–Crippen MR) is 110 cm³/mol. The topological polar surface area (TPSA) is 83.6 Å². The standard InChI is InChI=1S/C21H20ClF3N4O3/c1-29(19(30)17-10-27-20(31)32-17)18(21(23,24)25)16-5-4-14(9-26-16)28-15-7-11-2-3-13(22)6-12(11)8-15/h2-6,9,15,17-18,28H,7-8,10H2,1H3,(H,27,31)/t15-,17?,18?/m0/s1. The fourth-order valence-corrected chi connectivity index (χ4v) is 4.24. The molecule has 2 unspecified atom stereocenters. The number of alkyl halides is 3. The number of cyclic esters (lactones) is 1. The van der Waals surface area contributed by atoms with Gasteiger partial charge in [-0.25, -0.2) is 4.79 Å². The third kappa shape index (κ3) is 4.59. The van der Waals surface area contributed by atoms with Crippen LogP contribution >= 0.6 is 11.6 Å². The molecule has 2 amide bonds. The second kappa shape index (κ2) is 8.50. The number of amides is 2. The number of likely N-dealkylation sites (N-methyl/N-ethyl adjacent to an activating group) is 1. The molecule has 1 saturated heterocycles. The maximum Gasteiger partial charge on any atom is 0.414 e. The summed E-state index contributed by atoms with van der Waals surface area (Å²) in [4.78, 5) is 28.1. The van der Waals surface area contributed by atoms with Crippen LogP contribution in [0.5, 0.6) is 0 Å². The maximum absolute atomic E-state index is 13.8. The molecule has 2 aromatic rings. The average molecular weight is 469 g/mol. The van der Waals surface area contributed by atoms with Crippen LogP contribution < -0.4 is 10.6 Å². The Morgan fingerprint density at radius 3 is 2.66 bits per heavy atom. The monoisotopic (exact) mass is 468 g/mol. The highest BCUT2D eigenvalue weighted by Crippen LogP contribution is 2.37. The molecule has 2 N–H and O–H groups in total. The summed E-state index contributed by atoms with van der Waals surface area (Å²) in [5.41, 5.74) is 2.55. The first kappa shape index (κ1) is 22.2. The van der Waals surface area contributed by atoms with Gasteiger partial charge in [0.1, 0.15) is 0 Å². The summed E-state index contributed by atoms with van der Waals surface area (Å²) in [5, 5.41) is 6.20. The summed E-state index contributed by atoms with van der Waals surface area (Å²) in [7, 11) is 1.02. The molecule has 11 heteroatoms. The molecule has 1 aliphatic carbocycles. The van der Waals surface area contributed by atoms with Gasteiger partial charge in [-0.2, -0.15) is 13.2 Å². The van der Waals surface area contributed by atoms with Crippen molar-refractivity contribution in [3.63, 3.8) is 0 Å². The van der Waals surface area contributed by atoms with Gasteiger partial charge >= 0.3 is 12.3 Å². The van der Waals surface area contributed by atoms with Gasteiger partial charge in [-0.15, -0.1) is 0 Å². The Bertz CT molecular complexity index is 1030. The molecule has 0 spiro atoms. The molecule has 3 atom stereocenters. The van der Waals surface area contributed by atoms with E-state index in [0.717, 1.165) is 25.5 Å². The van der Waals surface area contributed by atoms with Crippen molar-refractivity contribution in [2.75, 3.05) is 18.9 Å². The van der Waals surface area contributed by atoms with Crippen molar-refractivity contribution in [1.82, 2.24) is 15.2 Å². The lowest BCUT2D eigenvalue weighted by atomic mass is 10.1. The summed E-state index contributed by atoms with van der Waals surface area (Å²) in [6.45, 7) is -0.183. The number of carbonyl (C=O) groups excluding carboxylic acids is 2. The van der Waals surface area contributed by atoms with Crippen LogP contribution in [0.4, 0.5) is 23.7 Å². The first-order valence-corrected chi connectivity index (χ1v) is 10.3. The Labute approximate surface area is 186 Å². The van der Waals surface area contributed by atoms with Gasteiger partial charge in [0.2, 0.25) is 0 Å². The normalized spacial score (nSPS) is 20.8. The number of halogens is 4. The molecule has 1 fully saturated rings. The molecule has 1 aliphatic heterocycles. The average Bonchev–Trinajstić information content (AvgIpc) is 3.33. The number of rotatable bonds is 5. The van der Waals surface area contributed by atoms with Gasteiger partial charge < -0.3 is 20.3 Å². The highest BCUT2D eigenvalue weighted by molar-refractivity contribution is 6.30. The van der Waals surface area contributed by atoms with Crippen molar-refractivity contribution in [2.45, 2.75) is 37.2 Å². The van der Waals surface area contributed by atoms with Crippen LogP contribution in [0.1, 0.15) is 22.9 Å². The van der Waals surface area contributed by atoms with Gasteiger partial charge in [0.25, 0.3) is 5.91 Å². The van der Waals surface area contributed by atoms with E-state index in [0.29, 0.717) is 15.6 Å². The molecule has 4 rings (SSSR count). The minimum absolute atomic E-state index is 0.0725. The lowest BCUT2D eigenvalue weighted by Gasteiger charge is -2.30. The first-order chi connectivity index (χ1) is 15.1. The molecule has 1 aromatic carbocycles. The smallest absolute Gasteiger partial charge is 0.414 e. The number of benzene rings is 1. The van der Waals surface area contributed by atoms with Crippen molar-refractivity contribution in [3.8, 4) is 0 Å². The fourth-order valence-electron chi connectivity index (χ4n) is 4.04. The zero-order chi connectivity index (χ0) is 23.0. The largest absolute Gasteiger partial charge is 0.434 e. The maximum atomic E-state index is 13.8. The third-order valence-electron chi connectivity index (χ3n) is 5.54. The number of alkyl carbamates (subject to hydrolysis) is 1. The van der Waals surface area contributed by atoms with Crippen LogP contribution in [0.15, 0.2) is 36.5 Å². The van der Waals surface area contributed by atoms with Crippen molar-refractivity contribution in [3.05, 3.63) is 58.4 Å². The van der Waals surface area contributed by atoms with Gasteiger partial charge in [0.05, 0.1) is 24.1 Å². The van der Waals surface area contributed by atoms with Crippen molar-refractivity contribution < 1.29 is 27.5 Å². The van der Waals surface area contributed by atoms with Crippen LogP contribution in [0.25, 0.3) is 0 Å². The van der Waals surface area contributed by atoms with Gasteiger partial charge in [-0.3, -0.25) is 9.78 Å². The van der Waals surface area contributed by atoms with Crippen LogP contribution in [-0.2, 0) is 22.4 Å². The molecule has 170 valence electrons. The van der Waals surface area contributed by atoms with Crippen LogP contribution in [-0.4, -0.2) is 53.8 Å². The Balaban J connectivity index is 1.47. The van der Waals surface area contributed by atoms with Gasteiger partial charge in [-0.05, 0) is 48.2 Å².